The van der Waals surface area contributed by atoms with Crippen LogP contribution < -0.4 is 22.1 Å². The number of nitrogens with one attached hydrogen (secondary N) is 2. The summed E-state index contributed by atoms with van der Waals surface area (Å²) < 4.78 is 13.2. The smallest absolute Gasteiger partial charge is 0.123 e. The number of rotatable bonds is 8. The van der Waals surface area contributed by atoms with Crippen LogP contribution in [0.2, 0.25) is 0 Å². The molecular weight excluding hydrogens is 341 g/mol. The lowest BCUT2D eigenvalue weighted by Crippen LogP contribution is -2.44. The Morgan fingerprint density at radius 1 is 1.30 bits per heavy atom. The lowest BCUT2D eigenvalue weighted by molar-refractivity contribution is 0.336. The second-order valence-electron chi connectivity index (χ2n) is 7.59. The summed E-state index contributed by atoms with van der Waals surface area (Å²) in [6.07, 6.45) is 1.68. The lowest BCUT2D eigenvalue weighted by atomic mass is 9.86. The van der Waals surface area contributed by atoms with Crippen molar-refractivity contribution in [2.45, 2.75) is 25.8 Å². The number of aromatic nitrogens is 1. The molecule has 1 aromatic heterocycles. The van der Waals surface area contributed by atoms with Gasteiger partial charge in [0.1, 0.15) is 11.6 Å². The summed E-state index contributed by atoms with van der Waals surface area (Å²) in [5, 5.41) is 6.89. The van der Waals surface area contributed by atoms with Crippen molar-refractivity contribution in [3.63, 3.8) is 0 Å². The van der Waals surface area contributed by atoms with Crippen molar-refractivity contribution in [2.75, 3.05) is 31.9 Å². The van der Waals surface area contributed by atoms with Crippen molar-refractivity contribution in [2.24, 2.45) is 17.6 Å². The minimum Gasteiger partial charge on any atom is -0.384 e. The van der Waals surface area contributed by atoms with Crippen LogP contribution in [0.3, 0.4) is 0 Å². The molecule has 146 valence electrons. The van der Waals surface area contributed by atoms with E-state index in [4.69, 9.17) is 11.5 Å². The molecule has 0 amide bonds. The van der Waals surface area contributed by atoms with E-state index in [9.17, 15) is 4.39 Å². The fraction of sp³-hybridized carbons (Fsp3) is 0.476. The highest BCUT2D eigenvalue weighted by atomic mass is 19.1. The number of pyridine rings is 1. The molecule has 6 N–H and O–H groups in total. The van der Waals surface area contributed by atoms with E-state index in [1.54, 1.807) is 12.1 Å². The topological polar surface area (TPSA) is 89.0 Å². The molecule has 3 rings (SSSR count). The Morgan fingerprint density at radius 3 is 2.93 bits per heavy atom. The lowest BCUT2D eigenvalue weighted by Gasteiger charge is -2.25. The SMILES string of the molecule is Cc1cc(N)nc(C[C@H]2CNC[C@@H]2C(N)CNCCc2cccc(F)c2)c1. The van der Waals surface area contributed by atoms with Gasteiger partial charge in [-0.05, 0) is 86.6 Å². The minimum absolute atomic E-state index is 0.0691. The third-order valence-corrected chi connectivity index (χ3v) is 5.32. The molecule has 0 spiro atoms. The summed E-state index contributed by atoms with van der Waals surface area (Å²) in [5.41, 5.74) is 15.5. The molecule has 0 bridgehead atoms. The summed E-state index contributed by atoms with van der Waals surface area (Å²) in [5.74, 6) is 1.25. The van der Waals surface area contributed by atoms with Crippen LogP contribution >= 0.6 is 0 Å². The number of halogens is 1. The van der Waals surface area contributed by atoms with Crippen LogP contribution in [-0.4, -0.2) is 37.2 Å². The predicted octanol–water partition coefficient (Wildman–Crippen LogP) is 1.65. The first-order chi connectivity index (χ1) is 13.0. The minimum atomic E-state index is -0.186. The standard InChI is InChI=1S/C21H30FN5/c1-14-7-18(27-21(24)8-14)10-16-11-26-12-19(16)20(23)13-25-6-5-15-3-2-4-17(22)9-15/h2-4,7-9,16,19-20,25-26H,5-6,10-13,23H2,1H3,(H2,24,27)/t16-,19-,20?/m0/s1. The zero-order valence-electron chi connectivity index (χ0n) is 15.9. The van der Waals surface area contributed by atoms with Gasteiger partial charge < -0.3 is 22.1 Å². The van der Waals surface area contributed by atoms with Crippen LogP contribution in [0.1, 0.15) is 16.8 Å². The molecule has 2 aromatic rings. The van der Waals surface area contributed by atoms with Crippen LogP contribution in [-0.2, 0) is 12.8 Å². The first-order valence-corrected chi connectivity index (χ1v) is 9.66. The Balaban J connectivity index is 1.47. The highest BCUT2D eigenvalue weighted by Crippen LogP contribution is 2.24. The molecule has 1 aliphatic rings. The van der Waals surface area contributed by atoms with Crippen molar-refractivity contribution < 1.29 is 4.39 Å². The van der Waals surface area contributed by atoms with E-state index in [-0.39, 0.29) is 11.9 Å². The Bertz CT molecular complexity index is 731. The third kappa shape index (κ3) is 5.73. The molecule has 0 saturated carbocycles. The molecule has 0 aliphatic carbocycles. The molecule has 1 fully saturated rings. The third-order valence-electron chi connectivity index (χ3n) is 5.32. The first kappa shape index (κ1) is 19.7. The van der Waals surface area contributed by atoms with E-state index < -0.39 is 0 Å². The molecule has 1 aliphatic heterocycles. The number of nitrogen functional groups attached to an aromatic ring is 1. The van der Waals surface area contributed by atoms with Gasteiger partial charge in [-0.2, -0.15) is 0 Å². The van der Waals surface area contributed by atoms with Crippen molar-refractivity contribution in [3.8, 4) is 0 Å². The van der Waals surface area contributed by atoms with Crippen LogP contribution in [0, 0.1) is 24.6 Å². The maximum atomic E-state index is 13.2. The zero-order valence-corrected chi connectivity index (χ0v) is 15.9. The molecule has 1 aromatic carbocycles. The molecule has 27 heavy (non-hydrogen) atoms. The van der Waals surface area contributed by atoms with Crippen LogP contribution in [0.15, 0.2) is 36.4 Å². The van der Waals surface area contributed by atoms with E-state index >= 15 is 0 Å². The highest BCUT2D eigenvalue weighted by molar-refractivity contribution is 5.34. The van der Waals surface area contributed by atoms with Gasteiger partial charge in [-0.3, -0.25) is 0 Å². The Morgan fingerprint density at radius 2 is 2.15 bits per heavy atom. The van der Waals surface area contributed by atoms with Crippen molar-refractivity contribution in [3.05, 3.63) is 59.0 Å². The quantitative estimate of drug-likeness (QED) is 0.530. The second kappa shape index (κ2) is 9.26. The number of hydrogen-bond acceptors (Lipinski definition) is 5. The van der Waals surface area contributed by atoms with Crippen molar-refractivity contribution in [1.29, 1.82) is 0 Å². The maximum absolute atomic E-state index is 13.2. The number of benzene rings is 1. The number of aryl methyl sites for hydroxylation is 1. The molecule has 5 nitrogen and oxygen atoms in total. The number of anilines is 1. The molecular formula is C21H30FN5. The van der Waals surface area contributed by atoms with Gasteiger partial charge in [-0.25, -0.2) is 9.37 Å². The first-order valence-electron chi connectivity index (χ1n) is 9.66. The molecule has 6 heteroatoms. The molecule has 2 heterocycles. The average Bonchev–Trinajstić information content (AvgIpc) is 3.06. The van der Waals surface area contributed by atoms with Gasteiger partial charge in [0, 0.05) is 18.3 Å². The summed E-state index contributed by atoms with van der Waals surface area (Å²) in [6.45, 7) is 5.47. The monoisotopic (exact) mass is 371 g/mol. The van der Waals surface area contributed by atoms with E-state index in [1.165, 1.54) is 6.07 Å². The maximum Gasteiger partial charge on any atom is 0.123 e. The van der Waals surface area contributed by atoms with E-state index in [2.05, 4.69) is 21.7 Å². The summed E-state index contributed by atoms with van der Waals surface area (Å²) in [4.78, 5) is 4.47. The van der Waals surface area contributed by atoms with Crippen LogP contribution in [0.25, 0.3) is 0 Å². The number of nitrogens with two attached hydrogens (primary N) is 2. The van der Waals surface area contributed by atoms with Gasteiger partial charge in [0.05, 0.1) is 0 Å². The van der Waals surface area contributed by atoms with E-state index in [0.29, 0.717) is 17.7 Å². The van der Waals surface area contributed by atoms with Gasteiger partial charge in [0.2, 0.25) is 0 Å². The summed E-state index contributed by atoms with van der Waals surface area (Å²) in [7, 11) is 0. The molecule has 0 radical (unpaired) electrons. The largest absolute Gasteiger partial charge is 0.384 e. The van der Waals surface area contributed by atoms with Crippen LogP contribution in [0.5, 0.6) is 0 Å². The predicted molar refractivity (Wildman–Crippen MR) is 108 cm³/mol. The highest BCUT2D eigenvalue weighted by Gasteiger charge is 2.32. The van der Waals surface area contributed by atoms with Gasteiger partial charge in [0.15, 0.2) is 0 Å². The van der Waals surface area contributed by atoms with Crippen LogP contribution in [0.4, 0.5) is 10.2 Å². The van der Waals surface area contributed by atoms with Gasteiger partial charge in [-0.15, -0.1) is 0 Å². The number of hydrogen-bond donors (Lipinski definition) is 4. The normalized spacial score (nSPS) is 20.7. The molecule has 1 unspecified atom stereocenters. The fourth-order valence-electron chi connectivity index (χ4n) is 3.96. The van der Waals surface area contributed by atoms with Crippen molar-refractivity contribution in [1.82, 2.24) is 15.6 Å². The Kier molecular flexibility index (Phi) is 6.77. The van der Waals surface area contributed by atoms with E-state index in [0.717, 1.165) is 55.8 Å². The average molecular weight is 372 g/mol. The molecule has 3 atom stereocenters. The second-order valence-corrected chi connectivity index (χ2v) is 7.59. The number of nitrogens with zero attached hydrogens (tertiary/aromatic N) is 1. The van der Waals surface area contributed by atoms with E-state index in [1.807, 2.05) is 19.1 Å². The molecule has 1 saturated heterocycles. The Hall–Kier alpha value is -2.02. The van der Waals surface area contributed by atoms with Crippen molar-refractivity contribution >= 4 is 5.82 Å². The van der Waals surface area contributed by atoms with Gasteiger partial charge >= 0.3 is 0 Å². The van der Waals surface area contributed by atoms with Gasteiger partial charge in [-0.1, -0.05) is 12.1 Å². The fourth-order valence-corrected chi connectivity index (χ4v) is 3.96. The summed E-state index contributed by atoms with van der Waals surface area (Å²) >= 11 is 0. The van der Waals surface area contributed by atoms with Gasteiger partial charge in [0.25, 0.3) is 0 Å². The Labute approximate surface area is 160 Å². The zero-order chi connectivity index (χ0) is 19.2. The summed E-state index contributed by atoms with van der Waals surface area (Å²) in [6, 6.07) is 10.8.